The van der Waals surface area contributed by atoms with Gasteiger partial charge in [0.2, 0.25) is 5.78 Å². The predicted octanol–water partition coefficient (Wildman–Crippen LogP) is 5.08. The number of benzene rings is 2. The van der Waals surface area contributed by atoms with Crippen molar-refractivity contribution < 1.29 is 19.0 Å². The van der Waals surface area contributed by atoms with Gasteiger partial charge in [0.15, 0.2) is 5.76 Å². The lowest BCUT2D eigenvalue weighted by molar-refractivity contribution is 0.0949. The Kier molecular flexibility index (Phi) is 5.26. The zero-order valence-corrected chi connectivity index (χ0v) is 18.3. The maximum atomic E-state index is 13.0. The number of aryl methyl sites for hydroxylation is 1. The van der Waals surface area contributed by atoms with Gasteiger partial charge in [0.1, 0.15) is 24.0 Å². The fourth-order valence-corrected chi connectivity index (χ4v) is 4.65. The number of thiophene rings is 1. The number of hydrogen-bond acceptors (Lipinski definition) is 6. The molecule has 0 N–H and O–H groups in total. The smallest absolute Gasteiger partial charge is 0.232 e. The molecule has 5 rings (SSSR count). The lowest BCUT2D eigenvalue weighted by Gasteiger charge is -2.30. The quantitative estimate of drug-likeness (QED) is 0.526. The molecule has 0 spiro atoms. The van der Waals surface area contributed by atoms with Crippen molar-refractivity contribution in [3.05, 3.63) is 80.7 Å². The van der Waals surface area contributed by atoms with Gasteiger partial charge < -0.3 is 14.2 Å². The van der Waals surface area contributed by atoms with Crippen LogP contribution >= 0.6 is 11.3 Å². The number of ketones is 1. The summed E-state index contributed by atoms with van der Waals surface area (Å²) in [5.74, 6) is 2.64. The van der Waals surface area contributed by atoms with Crippen molar-refractivity contribution in [2.24, 2.45) is 0 Å². The summed E-state index contributed by atoms with van der Waals surface area (Å²) in [7, 11) is 1.67. The number of rotatable bonds is 5. The van der Waals surface area contributed by atoms with Crippen molar-refractivity contribution in [1.82, 2.24) is 4.90 Å². The lowest BCUT2D eigenvalue weighted by Crippen LogP contribution is -2.33. The van der Waals surface area contributed by atoms with Crippen molar-refractivity contribution in [2.75, 3.05) is 20.4 Å². The molecule has 1 aromatic heterocycles. The summed E-state index contributed by atoms with van der Waals surface area (Å²) in [4.78, 5) is 16.3. The topological polar surface area (TPSA) is 48.0 Å². The first-order valence-corrected chi connectivity index (χ1v) is 11.1. The molecular weight excluding hydrogens is 410 g/mol. The fourth-order valence-electron chi connectivity index (χ4n) is 4.00. The summed E-state index contributed by atoms with van der Waals surface area (Å²) in [6, 6.07) is 14.0. The summed E-state index contributed by atoms with van der Waals surface area (Å²) >= 11 is 1.58. The minimum absolute atomic E-state index is 0.0564. The Morgan fingerprint density at radius 3 is 2.81 bits per heavy atom. The van der Waals surface area contributed by atoms with Crippen LogP contribution in [0.15, 0.2) is 53.6 Å². The summed E-state index contributed by atoms with van der Waals surface area (Å²) in [5.41, 5.74) is 3.74. The largest absolute Gasteiger partial charge is 0.497 e. The first kappa shape index (κ1) is 19.8. The van der Waals surface area contributed by atoms with Gasteiger partial charge >= 0.3 is 0 Å². The van der Waals surface area contributed by atoms with Crippen LogP contribution in [-0.4, -0.2) is 31.1 Å². The third-order valence-corrected chi connectivity index (χ3v) is 6.50. The monoisotopic (exact) mass is 433 g/mol. The first-order chi connectivity index (χ1) is 15.1. The normalized spacial score (nSPS) is 16.6. The molecule has 0 atom stereocenters. The molecule has 0 saturated carbocycles. The number of methoxy groups -OCH3 is 1. The molecule has 0 radical (unpaired) electrons. The molecule has 0 fully saturated rings. The van der Waals surface area contributed by atoms with Crippen molar-refractivity contribution in [3.8, 4) is 17.2 Å². The number of ether oxygens (including phenoxy) is 3. The molecule has 2 aromatic carbocycles. The van der Waals surface area contributed by atoms with Crippen LogP contribution in [-0.2, 0) is 13.0 Å². The van der Waals surface area contributed by atoms with Gasteiger partial charge in [-0.25, -0.2) is 0 Å². The van der Waals surface area contributed by atoms with Gasteiger partial charge in [0.05, 0.1) is 18.2 Å². The van der Waals surface area contributed by atoms with E-state index in [9.17, 15) is 4.79 Å². The molecule has 0 aliphatic carbocycles. The van der Waals surface area contributed by atoms with Gasteiger partial charge in [-0.05, 0) is 54.1 Å². The van der Waals surface area contributed by atoms with Gasteiger partial charge in [-0.2, -0.15) is 0 Å². The number of hydrogen-bond donors (Lipinski definition) is 0. The Labute approximate surface area is 185 Å². The van der Waals surface area contributed by atoms with E-state index in [4.69, 9.17) is 14.2 Å². The zero-order chi connectivity index (χ0) is 21.4. The lowest BCUT2D eigenvalue weighted by atomic mass is 9.98. The van der Waals surface area contributed by atoms with E-state index in [1.54, 1.807) is 18.4 Å². The minimum atomic E-state index is -0.0564. The number of fused-ring (bicyclic) bond motifs is 3. The van der Waals surface area contributed by atoms with Gasteiger partial charge in [0, 0.05) is 24.0 Å². The molecular formula is C25H23NO4S. The predicted molar refractivity (Wildman–Crippen MR) is 121 cm³/mol. The summed E-state index contributed by atoms with van der Waals surface area (Å²) < 4.78 is 17.4. The van der Waals surface area contributed by atoms with E-state index in [1.165, 1.54) is 5.56 Å². The zero-order valence-electron chi connectivity index (χ0n) is 17.5. The molecule has 3 heterocycles. The maximum Gasteiger partial charge on any atom is 0.232 e. The molecule has 3 aromatic rings. The van der Waals surface area contributed by atoms with Crippen molar-refractivity contribution in [2.45, 2.75) is 19.9 Å². The van der Waals surface area contributed by atoms with E-state index in [0.29, 0.717) is 30.3 Å². The number of carbonyl (C=O) groups is 1. The third kappa shape index (κ3) is 3.84. The highest BCUT2D eigenvalue weighted by molar-refractivity contribution is 7.10. The summed E-state index contributed by atoms with van der Waals surface area (Å²) in [6.45, 7) is 4.00. The molecule has 6 heteroatoms. The van der Waals surface area contributed by atoms with Crippen molar-refractivity contribution in [1.29, 1.82) is 0 Å². The molecule has 0 amide bonds. The average Bonchev–Trinajstić information content (AvgIpc) is 3.42. The average molecular weight is 434 g/mol. The Balaban J connectivity index is 1.36. The minimum Gasteiger partial charge on any atom is -0.497 e. The Morgan fingerprint density at radius 2 is 2.06 bits per heavy atom. The Morgan fingerprint density at radius 1 is 1.23 bits per heavy atom. The highest BCUT2D eigenvalue weighted by Crippen LogP contribution is 2.44. The van der Waals surface area contributed by atoms with Gasteiger partial charge in [0.25, 0.3) is 0 Å². The highest BCUT2D eigenvalue weighted by atomic mass is 32.1. The van der Waals surface area contributed by atoms with Crippen LogP contribution in [0.2, 0.25) is 0 Å². The number of Topliss-reactive ketones (excluding diaryl/α,β-unsaturated/α-hetero) is 1. The highest BCUT2D eigenvalue weighted by Gasteiger charge is 2.35. The van der Waals surface area contributed by atoms with Gasteiger partial charge in [-0.3, -0.25) is 9.69 Å². The van der Waals surface area contributed by atoms with Crippen LogP contribution in [0.5, 0.6) is 17.2 Å². The fraction of sp³-hybridized carbons (Fsp3) is 0.240. The third-order valence-electron chi connectivity index (χ3n) is 5.68. The maximum absolute atomic E-state index is 13.0. The number of allylic oxidation sites excluding steroid dienone is 1. The van der Waals surface area contributed by atoms with Crippen LogP contribution in [0, 0.1) is 6.92 Å². The second kappa shape index (κ2) is 8.21. The van der Waals surface area contributed by atoms with E-state index in [1.807, 2.05) is 48.7 Å². The van der Waals surface area contributed by atoms with Gasteiger partial charge in [-0.1, -0.05) is 18.2 Å². The second-order valence-corrected chi connectivity index (χ2v) is 8.73. The molecule has 31 heavy (non-hydrogen) atoms. The van der Waals surface area contributed by atoms with E-state index < -0.39 is 0 Å². The molecule has 0 saturated heterocycles. The molecule has 0 unspecified atom stereocenters. The molecule has 2 aliphatic heterocycles. The van der Waals surface area contributed by atoms with Crippen LogP contribution in [0.4, 0.5) is 0 Å². The Hall–Kier alpha value is -3.09. The van der Waals surface area contributed by atoms with Crippen molar-refractivity contribution in [3.63, 3.8) is 0 Å². The van der Waals surface area contributed by atoms with Crippen LogP contribution < -0.4 is 14.2 Å². The first-order valence-electron chi connectivity index (χ1n) is 10.2. The second-order valence-electron chi connectivity index (χ2n) is 7.75. The van der Waals surface area contributed by atoms with Crippen LogP contribution in [0.1, 0.15) is 31.9 Å². The molecule has 158 valence electrons. The SMILES string of the molecule is COc1ccc(CCN2COc3cc(C)c4c(c3C2)O/C(=C/c2cccs2)C4=O)cc1. The van der Waals surface area contributed by atoms with E-state index >= 15 is 0 Å². The van der Waals surface area contributed by atoms with Crippen LogP contribution in [0.3, 0.4) is 0 Å². The van der Waals surface area contributed by atoms with Crippen LogP contribution in [0.25, 0.3) is 6.08 Å². The molecule has 2 aliphatic rings. The standard InChI is InChI=1S/C25H23NO4S/c1-16-12-21-20(25-23(16)24(27)22(30-25)13-19-4-3-11-31-19)14-26(15-29-21)10-9-17-5-7-18(28-2)8-6-17/h3-8,11-13H,9-10,14-15H2,1-2H3/b22-13+. The number of nitrogens with zero attached hydrogens (tertiary/aromatic N) is 1. The molecule has 5 nitrogen and oxygen atoms in total. The van der Waals surface area contributed by atoms with Crippen molar-refractivity contribution >= 4 is 23.2 Å². The number of carbonyl (C=O) groups excluding carboxylic acids is 1. The summed E-state index contributed by atoms with van der Waals surface area (Å²) in [5, 5.41) is 1.99. The molecule has 0 bridgehead atoms. The summed E-state index contributed by atoms with van der Waals surface area (Å²) in [6.07, 6.45) is 2.73. The van der Waals surface area contributed by atoms with E-state index in [2.05, 4.69) is 17.0 Å². The van der Waals surface area contributed by atoms with E-state index in [-0.39, 0.29) is 5.78 Å². The van der Waals surface area contributed by atoms with Gasteiger partial charge in [-0.15, -0.1) is 11.3 Å². The van der Waals surface area contributed by atoms with E-state index in [0.717, 1.165) is 40.5 Å². The Bertz CT molecular complexity index is 1150.